The van der Waals surface area contributed by atoms with E-state index < -0.39 is 12.0 Å². The molecule has 0 spiro atoms. The average Bonchev–Trinajstić information content (AvgIpc) is 2.14. The Labute approximate surface area is 89.1 Å². The molecule has 1 aromatic rings. The van der Waals surface area contributed by atoms with Crippen molar-refractivity contribution < 1.29 is 9.90 Å². The van der Waals surface area contributed by atoms with Gasteiger partial charge in [-0.25, -0.2) is 0 Å². The number of fused-ring (bicyclic) bond motifs is 1. The topological polar surface area (TPSA) is 49.3 Å². The van der Waals surface area contributed by atoms with Gasteiger partial charge in [-0.2, -0.15) is 0 Å². The molecule has 1 atom stereocenters. The highest BCUT2D eigenvalue weighted by molar-refractivity contribution is 5.76. The SMILES string of the molecule is CC1(C)Cc2ccccc2C(C(=O)O)N1. The minimum Gasteiger partial charge on any atom is -0.480 e. The van der Waals surface area contributed by atoms with E-state index in [9.17, 15) is 4.79 Å². The molecular formula is C12H15NO2. The number of hydrogen-bond donors (Lipinski definition) is 2. The summed E-state index contributed by atoms with van der Waals surface area (Å²) in [6.07, 6.45) is 0.868. The maximum Gasteiger partial charge on any atom is 0.325 e. The first-order chi connectivity index (χ1) is 6.99. The van der Waals surface area contributed by atoms with E-state index in [0.29, 0.717) is 0 Å². The second kappa shape index (κ2) is 3.35. The minimum atomic E-state index is -0.810. The number of carboxylic acids is 1. The number of benzene rings is 1. The lowest BCUT2D eigenvalue weighted by molar-refractivity contribution is -0.140. The summed E-state index contributed by atoms with van der Waals surface area (Å²) < 4.78 is 0. The number of hydrogen-bond acceptors (Lipinski definition) is 2. The lowest BCUT2D eigenvalue weighted by atomic mass is 9.84. The molecule has 1 aliphatic heterocycles. The van der Waals surface area contributed by atoms with Gasteiger partial charge < -0.3 is 5.11 Å². The molecule has 3 heteroatoms. The zero-order valence-corrected chi connectivity index (χ0v) is 8.95. The Morgan fingerprint density at radius 2 is 2.13 bits per heavy atom. The van der Waals surface area contributed by atoms with Gasteiger partial charge in [0.2, 0.25) is 0 Å². The van der Waals surface area contributed by atoms with Crippen LogP contribution in [0.3, 0.4) is 0 Å². The van der Waals surface area contributed by atoms with Gasteiger partial charge in [0.1, 0.15) is 6.04 Å². The fraction of sp³-hybridized carbons (Fsp3) is 0.417. The van der Waals surface area contributed by atoms with Crippen molar-refractivity contribution in [2.24, 2.45) is 0 Å². The molecule has 2 rings (SSSR count). The first-order valence-corrected chi connectivity index (χ1v) is 5.08. The van der Waals surface area contributed by atoms with E-state index in [0.717, 1.165) is 17.5 Å². The van der Waals surface area contributed by atoms with Crippen molar-refractivity contribution in [2.75, 3.05) is 0 Å². The second-order valence-corrected chi connectivity index (χ2v) is 4.68. The molecule has 0 fully saturated rings. The molecule has 0 amide bonds. The van der Waals surface area contributed by atoms with Gasteiger partial charge in [-0.05, 0) is 31.4 Å². The van der Waals surface area contributed by atoms with Crippen molar-refractivity contribution in [3.8, 4) is 0 Å². The molecule has 0 radical (unpaired) electrons. The average molecular weight is 205 g/mol. The molecule has 1 unspecified atom stereocenters. The standard InChI is InChI=1S/C12H15NO2/c1-12(2)7-8-5-3-4-6-9(8)10(13-12)11(14)15/h3-6,10,13H,7H2,1-2H3,(H,14,15). The Bertz CT molecular complexity index is 398. The Morgan fingerprint density at radius 3 is 2.80 bits per heavy atom. The molecule has 0 bridgehead atoms. The zero-order valence-electron chi connectivity index (χ0n) is 8.95. The maximum atomic E-state index is 11.1. The van der Waals surface area contributed by atoms with Crippen molar-refractivity contribution in [2.45, 2.75) is 31.8 Å². The molecule has 80 valence electrons. The Kier molecular flexibility index (Phi) is 2.27. The zero-order chi connectivity index (χ0) is 11.1. The van der Waals surface area contributed by atoms with Gasteiger partial charge in [0, 0.05) is 5.54 Å². The highest BCUT2D eigenvalue weighted by atomic mass is 16.4. The Morgan fingerprint density at radius 1 is 1.47 bits per heavy atom. The summed E-state index contributed by atoms with van der Waals surface area (Å²) >= 11 is 0. The predicted molar refractivity (Wildman–Crippen MR) is 57.7 cm³/mol. The Balaban J connectivity index is 2.47. The van der Waals surface area contributed by atoms with Crippen LogP contribution in [0.5, 0.6) is 0 Å². The first-order valence-electron chi connectivity index (χ1n) is 5.08. The van der Waals surface area contributed by atoms with Crippen LogP contribution in [0.15, 0.2) is 24.3 Å². The van der Waals surface area contributed by atoms with Crippen LogP contribution in [0.4, 0.5) is 0 Å². The third-order valence-electron chi connectivity index (χ3n) is 2.78. The van der Waals surface area contributed by atoms with E-state index >= 15 is 0 Å². The van der Waals surface area contributed by atoms with Crippen LogP contribution < -0.4 is 5.32 Å². The molecule has 2 N–H and O–H groups in total. The molecular weight excluding hydrogens is 190 g/mol. The third-order valence-corrected chi connectivity index (χ3v) is 2.78. The van der Waals surface area contributed by atoms with Gasteiger partial charge in [0.25, 0.3) is 0 Å². The molecule has 0 saturated heterocycles. The van der Waals surface area contributed by atoms with Gasteiger partial charge in [0.05, 0.1) is 0 Å². The molecule has 0 aliphatic carbocycles. The minimum absolute atomic E-state index is 0.155. The quantitative estimate of drug-likeness (QED) is 0.734. The van der Waals surface area contributed by atoms with Crippen LogP contribution in [-0.4, -0.2) is 16.6 Å². The summed E-state index contributed by atoms with van der Waals surface area (Å²) in [5, 5.41) is 12.3. The van der Waals surface area contributed by atoms with Crippen molar-refractivity contribution in [3.05, 3.63) is 35.4 Å². The van der Waals surface area contributed by atoms with Crippen LogP contribution >= 0.6 is 0 Å². The molecule has 0 aromatic heterocycles. The van der Waals surface area contributed by atoms with Gasteiger partial charge in [-0.15, -0.1) is 0 Å². The van der Waals surface area contributed by atoms with E-state index in [1.165, 1.54) is 0 Å². The molecule has 1 aromatic carbocycles. The van der Waals surface area contributed by atoms with Gasteiger partial charge in [0.15, 0.2) is 0 Å². The summed E-state index contributed by atoms with van der Waals surface area (Å²) in [5.41, 5.74) is 1.87. The predicted octanol–water partition coefficient (Wildman–Crippen LogP) is 1.74. The molecule has 15 heavy (non-hydrogen) atoms. The molecule has 1 heterocycles. The van der Waals surface area contributed by atoms with E-state index in [1.807, 2.05) is 38.1 Å². The van der Waals surface area contributed by atoms with E-state index in [2.05, 4.69) is 5.32 Å². The first kappa shape index (κ1) is 10.2. The highest BCUT2D eigenvalue weighted by Crippen LogP contribution is 2.29. The van der Waals surface area contributed by atoms with Crippen molar-refractivity contribution in [1.29, 1.82) is 0 Å². The summed E-state index contributed by atoms with van der Waals surface area (Å²) in [4.78, 5) is 11.1. The highest BCUT2D eigenvalue weighted by Gasteiger charge is 2.34. The number of carboxylic acid groups (broad SMARTS) is 1. The smallest absolute Gasteiger partial charge is 0.325 e. The van der Waals surface area contributed by atoms with Gasteiger partial charge in [-0.1, -0.05) is 24.3 Å². The third kappa shape index (κ3) is 1.88. The number of nitrogens with one attached hydrogen (secondary N) is 1. The van der Waals surface area contributed by atoms with Gasteiger partial charge in [-0.3, -0.25) is 10.1 Å². The lowest BCUT2D eigenvalue weighted by Crippen LogP contribution is -2.49. The normalized spacial score (nSPS) is 23.2. The lowest BCUT2D eigenvalue weighted by Gasteiger charge is -2.36. The van der Waals surface area contributed by atoms with Crippen LogP contribution in [0.2, 0.25) is 0 Å². The number of carbonyl (C=O) groups is 1. The van der Waals surface area contributed by atoms with E-state index in [-0.39, 0.29) is 5.54 Å². The fourth-order valence-electron chi connectivity index (χ4n) is 2.17. The number of rotatable bonds is 1. The summed E-state index contributed by atoms with van der Waals surface area (Å²) in [6.45, 7) is 4.05. The largest absolute Gasteiger partial charge is 0.480 e. The van der Waals surface area contributed by atoms with Gasteiger partial charge >= 0.3 is 5.97 Å². The van der Waals surface area contributed by atoms with Crippen LogP contribution in [0.1, 0.15) is 31.0 Å². The van der Waals surface area contributed by atoms with Crippen LogP contribution in [0.25, 0.3) is 0 Å². The summed E-state index contributed by atoms with van der Waals surface area (Å²) in [5.74, 6) is -0.810. The fourth-order valence-corrected chi connectivity index (χ4v) is 2.17. The molecule has 3 nitrogen and oxygen atoms in total. The maximum absolute atomic E-state index is 11.1. The van der Waals surface area contributed by atoms with E-state index in [1.54, 1.807) is 0 Å². The molecule has 0 saturated carbocycles. The number of aliphatic carboxylic acids is 1. The van der Waals surface area contributed by atoms with E-state index in [4.69, 9.17) is 5.11 Å². The second-order valence-electron chi connectivity index (χ2n) is 4.68. The molecule has 1 aliphatic rings. The summed E-state index contributed by atoms with van der Waals surface area (Å²) in [7, 11) is 0. The monoisotopic (exact) mass is 205 g/mol. The van der Waals surface area contributed by atoms with Crippen LogP contribution in [-0.2, 0) is 11.2 Å². The van der Waals surface area contributed by atoms with Crippen molar-refractivity contribution in [3.63, 3.8) is 0 Å². The summed E-state index contributed by atoms with van der Waals surface area (Å²) in [6, 6.07) is 7.16. The van der Waals surface area contributed by atoms with Crippen LogP contribution in [0, 0.1) is 0 Å². The van der Waals surface area contributed by atoms with Crippen molar-refractivity contribution >= 4 is 5.97 Å². The Hall–Kier alpha value is -1.35. The van der Waals surface area contributed by atoms with Crippen molar-refractivity contribution in [1.82, 2.24) is 5.32 Å².